The molecule has 0 saturated carbocycles. The second-order valence-electron chi connectivity index (χ2n) is 7.93. The van der Waals surface area contributed by atoms with Gasteiger partial charge in [0.1, 0.15) is 11.9 Å². The number of hydrogen-bond acceptors (Lipinski definition) is 3. The maximum atomic E-state index is 13.3. The van der Waals surface area contributed by atoms with Gasteiger partial charge in [0.2, 0.25) is 15.9 Å². The molecular formula is C23H26FN3O3S. The van der Waals surface area contributed by atoms with Gasteiger partial charge in [-0.25, -0.2) is 12.8 Å². The molecule has 1 aliphatic heterocycles. The maximum absolute atomic E-state index is 13.3. The summed E-state index contributed by atoms with van der Waals surface area (Å²) in [5.41, 5.74) is 1.47. The second kappa shape index (κ2) is 8.80. The summed E-state index contributed by atoms with van der Waals surface area (Å²) < 4.78 is 42.6. The van der Waals surface area contributed by atoms with Crippen LogP contribution in [-0.2, 0) is 21.4 Å². The molecule has 1 amide bonds. The number of amides is 1. The third-order valence-electron chi connectivity index (χ3n) is 5.80. The summed E-state index contributed by atoms with van der Waals surface area (Å²) >= 11 is 0. The van der Waals surface area contributed by atoms with E-state index in [2.05, 4.69) is 5.32 Å². The van der Waals surface area contributed by atoms with E-state index in [4.69, 9.17) is 0 Å². The lowest BCUT2D eigenvalue weighted by Crippen LogP contribution is -2.35. The first kappa shape index (κ1) is 21.5. The lowest BCUT2D eigenvalue weighted by Gasteiger charge is -2.26. The molecule has 1 atom stereocenters. The van der Waals surface area contributed by atoms with Crippen molar-refractivity contribution >= 4 is 26.8 Å². The van der Waals surface area contributed by atoms with Crippen LogP contribution in [0.5, 0.6) is 0 Å². The number of rotatable bonds is 6. The summed E-state index contributed by atoms with van der Waals surface area (Å²) in [5.74, 6) is -0.543. The minimum atomic E-state index is -3.51. The second-order valence-corrected chi connectivity index (χ2v) is 9.87. The number of carbonyl (C=O) groups excluding carboxylic acids is 1. The van der Waals surface area contributed by atoms with Crippen molar-refractivity contribution in [2.75, 3.05) is 13.1 Å². The van der Waals surface area contributed by atoms with Crippen LogP contribution in [0.4, 0.5) is 4.39 Å². The first-order chi connectivity index (χ1) is 14.9. The van der Waals surface area contributed by atoms with Gasteiger partial charge >= 0.3 is 0 Å². The molecular weight excluding hydrogens is 417 g/mol. The molecule has 3 aromatic rings. The summed E-state index contributed by atoms with van der Waals surface area (Å²) in [6.07, 6.45) is 4.63. The molecule has 0 unspecified atom stereocenters. The lowest BCUT2D eigenvalue weighted by atomic mass is 10.2. The Kier molecular flexibility index (Phi) is 6.11. The molecule has 6 nitrogen and oxygen atoms in total. The van der Waals surface area contributed by atoms with Gasteiger partial charge in [0.25, 0.3) is 0 Å². The molecule has 31 heavy (non-hydrogen) atoms. The maximum Gasteiger partial charge on any atom is 0.243 e. The molecule has 164 valence electrons. The van der Waals surface area contributed by atoms with E-state index in [1.807, 2.05) is 10.6 Å². The average molecular weight is 444 g/mol. The highest BCUT2D eigenvalue weighted by Gasteiger charge is 2.26. The average Bonchev–Trinajstić information content (AvgIpc) is 3.21. The van der Waals surface area contributed by atoms with Crippen molar-refractivity contribution in [2.24, 2.45) is 0 Å². The van der Waals surface area contributed by atoms with Gasteiger partial charge in [-0.05, 0) is 61.7 Å². The van der Waals surface area contributed by atoms with Gasteiger partial charge in [-0.15, -0.1) is 0 Å². The van der Waals surface area contributed by atoms with Gasteiger partial charge in [-0.2, -0.15) is 4.31 Å². The number of nitrogens with one attached hydrogen (secondary N) is 1. The van der Waals surface area contributed by atoms with E-state index >= 15 is 0 Å². The smallest absolute Gasteiger partial charge is 0.243 e. The van der Waals surface area contributed by atoms with Crippen molar-refractivity contribution in [1.82, 2.24) is 14.2 Å². The molecule has 4 rings (SSSR count). The van der Waals surface area contributed by atoms with Crippen molar-refractivity contribution in [3.8, 4) is 0 Å². The molecule has 0 aliphatic carbocycles. The molecule has 1 fully saturated rings. The first-order valence-electron chi connectivity index (χ1n) is 10.5. The number of carbonyl (C=O) groups is 1. The van der Waals surface area contributed by atoms with Crippen LogP contribution in [0.25, 0.3) is 10.9 Å². The Morgan fingerprint density at radius 3 is 2.61 bits per heavy atom. The number of sulfonamides is 1. The minimum Gasteiger partial charge on any atom is -0.350 e. The molecule has 0 bridgehead atoms. The Morgan fingerprint density at radius 2 is 1.87 bits per heavy atom. The molecule has 8 heteroatoms. The van der Waals surface area contributed by atoms with E-state index in [1.165, 1.54) is 12.1 Å². The highest BCUT2D eigenvalue weighted by molar-refractivity contribution is 7.89. The number of benzene rings is 2. The predicted molar refractivity (Wildman–Crippen MR) is 118 cm³/mol. The number of piperidine rings is 1. The van der Waals surface area contributed by atoms with Crippen LogP contribution >= 0.6 is 0 Å². The Bertz CT molecular complexity index is 1200. The van der Waals surface area contributed by atoms with Crippen molar-refractivity contribution < 1.29 is 17.6 Å². The van der Waals surface area contributed by atoms with Gasteiger partial charge in [0.15, 0.2) is 0 Å². The van der Waals surface area contributed by atoms with E-state index in [0.717, 1.165) is 30.2 Å². The van der Waals surface area contributed by atoms with E-state index in [-0.39, 0.29) is 23.2 Å². The zero-order valence-corrected chi connectivity index (χ0v) is 18.2. The Morgan fingerprint density at radius 1 is 1.10 bits per heavy atom. The Hall–Kier alpha value is -2.71. The van der Waals surface area contributed by atoms with Crippen molar-refractivity contribution in [2.45, 2.75) is 43.7 Å². The third kappa shape index (κ3) is 4.50. The standard InChI is InChI=1S/C23H26FN3O3S/c1-17(23(28)25-16-18-6-5-7-20(24)14-18)27-13-10-19-15-21(8-9-22(19)27)31(29,30)26-11-3-2-4-12-26/h5-10,13-15,17H,2-4,11-12,16H2,1H3,(H,25,28)/t17-/m0/s1. The number of fused-ring (bicyclic) bond motifs is 1. The number of hydrogen-bond donors (Lipinski definition) is 1. The van der Waals surface area contributed by atoms with E-state index in [0.29, 0.717) is 18.7 Å². The fourth-order valence-electron chi connectivity index (χ4n) is 4.00. The Balaban J connectivity index is 1.51. The van der Waals surface area contributed by atoms with Crippen molar-refractivity contribution in [3.05, 3.63) is 66.1 Å². The molecule has 1 saturated heterocycles. The van der Waals surface area contributed by atoms with Crippen LogP contribution in [0.15, 0.2) is 59.6 Å². The monoisotopic (exact) mass is 443 g/mol. The summed E-state index contributed by atoms with van der Waals surface area (Å²) in [6.45, 7) is 3.13. The fourth-order valence-corrected chi connectivity index (χ4v) is 5.56. The van der Waals surface area contributed by atoms with E-state index in [1.54, 1.807) is 47.8 Å². The predicted octanol–water partition coefficient (Wildman–Crippen LogP) is 3.83. The third-order valence-corrected chi connectivity index (χ3v) is 7.69. The molecule has 0 radical (unpaired) electrons. The molecule has 0 spiro atoms. The molecule has 2 heterocycles. The zero-order chi connectivity index (χ0) is 22.0. The highest BCUT2D eigenvalue weighted by atomic mass is 32.2. The van der Waals surface area contributed by atoms with Crippen LogP contribution in [0.3, 0.4) is 0 Å². The summed E-state index contributed by atoms with van der Waals surface area (Å²) in [7, 11) is -3.51. The lowest BCUT2D eigenvalue weighted by molar-refractivity contribution is -0.123. The van der Waals surface area contributed by atoms with Gasteiger partial charge in [-0.1, -0.05) is 18.6 Å². The summed E-state index contributed by atoms with van der Waals surface area (Å²) in [4.78, 5) is 12.9. The number of nitrogens with zero attached hydrogens (tertiary/aromatic N) is 2. The highest BCUT2D eigenvalue weighted by Crippen LogP contribution is 2.26. The topological polar surface area (TPSA) is 71.4 Å². The Labute approximate surface area is 181 Å². The van der Waals surface area contributed by atoms with Crippen LogP contribution in [0.1, 0.15) is 37.8 Å². The normalized spacial score (nSPS) is 16.3. The molecule has 1 N–H and O–H groups in total. The van der Waals surface area contributed by atoms with E-state index < -0.39 is 16.1 Å². The largest absolute Gasteiger partial charge is 0.350 e. The fraction of sp³-hybridized carbons (Fsp3) is 0.348. The van der Waals surface area contributed by atoms with Crippen LogP contribution < -0.4 is 5.32 Å². The summed E-state index contributed by atoms with van der Waals surface area (Å²) in [6, 6.07) is 12.5. The van der Waals surface area contributed by atoms with E-state index in [9.17, 15) is 17.6 Å². The van der Waals surface area contributed by atoms with Crippen LogP contribution in [0.2, 0.25) is 0 Å². The van der Waals surface area contributed by atoms with Crippen LogP contribution in [-0.4, -0.2) is 36.3 Å². The van der Waals surface area contributed by atoms with Gasteiger partial charge in [-0.3, -0.25) is 4.79 Å². The summed E-state index contributed by atoms with van der Waals surface area (Å²) in [5, 5.41) is 3.60. The minimum absolute atomic E-state index is 0.202. The van der Waals surface area contributed by atoms with Gasteiger partial charge in [0, 0.05) is 36.7 Å². The van der Waals surface area contributed by atoms with Crippen molar-refractivity contribution in [3.63, 3.8) is 0 Å². The molecule has 1 aliphatic rings. The van der Waals surface area contributed by atoms with Gasteiger partial charge in [0.05, 0.1) is 4.90 Å². The quantitative estimate of drug-likeness (QED) is 0.629. The first-order valence-corrected chi connectivity index (χ1v) is 11.9. The van der Waals surface area contributed by atoms with Crippen LogP contribution in [0, 0.1) is 5.82 Å². The molecule has 2 aromatic carbocycles. The van der Waals surface area contributed by atoms with Crippen molar-refractivity contribution in [1.29, 1.82) is 0 Å². The number of aromatic nitrogens is 1. The zero-order valence-electron chi connectivity index (χ0n) is 17.4. The molecule has 1 aromatic heterocycles. The SMILES string of the molecule is C[C@@H](C(=O)NCc1cccc(F)c1)n1ccc2cc(S(=O)(=O)N3CCCCC3)ccc21. The van der Waals surface area contributed by atoms with Gasteiger partial charge < -0.3 is 9.88 Å². The number of halogens is 1.